The van der Waals surface area contributed by atoms with Crippen LogP contribution in [0.2, 0.25) is 0 Å². The first kappa shape index (κ1) is 21.4. The Kier molecular flexibility index (Phi) is 7.69. The van der Waals surface area contributed by atoms with Crippen molar-refractivity contribution in [1.29, 1.82) is 0 Å². The Hall–Kier alpha value is -2.34. The van der Waals surface area contributed by atoms with Crippen LogP contribution in [0, 0.1) is 11.7 Å². The van der Waals surface area contributed by atoms with Crippen LogP contribution >= 0.6 is 11.8 Å². The summed E-state index contributed by atoms with van der Waals surface area (Å²) in [6.07, 6.45) is 2.98. The number of nitrogens with zero attached hydrogens (tertiary/aromatic N) is 1. The zero-order valence-electron chi connectivity index (χ0n) is 16.6. The highest BCUT2D eigenvalue weighted by atomic mass is 32.2. The van der Waals surface area contributed by atoms with Crippen molar-refractivity contribution in [2.45, 2.75) is 37.1 Å². The predicted molar refractivity (Wildman–Crippen MR) is 114 cm³/mol. The van der Waals surface area contributed by atoms with E-state index in [0.717, 1.165) is 24.2 Å². The Morgan fingerprint density at radius 1 is 1.10 bits per heavy atom. The van der Waals surface area contributed by atoms with Crippen LogP contribution in [0.25, 0.3) is 0 Å². The van der Waals surface area contributed by atoms with Gasteiger partial charge in [0.15, 0.2) is 0 Å². The number of hydrogen-bond donors (Lipinski definition) is 1. The second-order valence-corrected chi connectivity index (χ2v) is 8.57. The van der Waals surface area contributed by atoms with Gasteiger partial charge in [-0.1, -0.05) is 30.3 Å². The highest BCUT2D eigenvalue weighted by Crippen LogP contribution is 2.24. The van der Waals surface area contributed by atoms with Crippen LogP contribution in [0.1, 0.15) is 25.3 Å². The van der Waals surface area contributed by atoms with E-state index in [1.54, 1.807) is 12.1 Å². The van der Waals surface area contributed by atoms with Gasteiger partial charge in [0.05, 0.1) is 0 Å². The van der Waals surface area contributed by atoms with Gasteiger partial charge in [-0.3, -0.25) is 9.59 Å². The predicted octanol–water partition coefficient (Wildman–Crippen LogP) is 3.90. The van der Waals surface area contributed by atoms with Gasteiger partial charge < -0.3 is 10.2 Å². The molecular weight excluding hydrogens is 387 g/mol. The number of benzene rings is 2. The number of likely N-dealkylation sites (tertiary alicyclic amines) is 1. The first-order valence-electron chi connectivity index (χ1n) is 9.99. The summed E-state index contributed by atoms with van der Waals surface area (Å²) in [5, 5.41) is 2.78. The zero-order valence-corrected chi connectivity index (χ0v) is 17.5. The van der Waals surface area contributed by atoms with E-state index >= 15 is 0 Å². The molecule has 0 spiro atoms. The fourth-order valence-electron chi connectivity index (χ4n) is 3.66. The number of halogens is 1. The van der Waals surface area contributed by atoms with Crippen LogP contribution in [0.5, 0.6) is 0 Å². The number of carbonyl (C=O) groups is 2. The Morgan fingerprint density at radius 2 is 1.76 bits per heavy atom. The lowest BCUT2D eigenvalue weighted by Gasteiger charge is -2.34. The van der Waals surface area contributed by atoms with Gasteiger partial charge in [-0.05, 0) is 55.0 Å². The molecule has 0 aromatic heterocycles. The van der Waals surface area contributed by atoms with Crippen LogP contribution in [0.3, 0.4) is 0 Å². The lowest BCUT2D eigenvalue weighted by molar-refractivity contribution is -0.136. The summed E-state index contributed by atoms with van der Waals surface area (Å²) in [4.78, 5) is 27.4. The smallest absolute Gasteiger partial charge is 0.246 e. The number of rotatable bonds is 7. The van der Waals surface area contributed by atoms with Crippen molar-refractivity contribution >= 4 is 23.6 Å². The molecule has 6 heteroatoms. The van der Waals surface area contributed by atoms with Crippen molar-refractivity contribution in [1.82, 2.24) is 10.2 Å². The summed E-state index contributed by atoms with van der Waals surface area (Å²) in [6.45, 7) is 2.86. The standard InChI is InChI=1S/C23H27FN2O2S/c1-17(27)25-22(16-29-21-9-7-20(24)8-10-21)23(28)26-13-11-19(12-14-26)15-18-5-3-2-4-6-18/h2-10,19,22H,11-16H2,1H3,(H,25,27). The van der Waals surface area contributed by atoms with E-state index in [9.17, 15) is 14.0 Å². The average molecular weight is 415 g/mol. The Balaban J connectivity index is 1.53. The summed E-state index contributed by atoms with van der Waals surface area (Å²) in [5.74, 6) is 0.458. The van der Waals surface area contributed by atoms with Gasteiger partial charge in [0.25, 0.3) is 0 Å². The molecular formula is C23H27FN2O2S. The molecule has 2 aromatic rings. The first-order valence-corrected chi connectivity index (χ1v) is 11.0. The second kappa shape index (κ2) is 10.4. The summed E-state index contributed by atoms with van der Waals surface area (Å²) in [5.41, 5.74) is 1.34. The van der Waals surface area contributed by atoms with Crippen LogP contribution < -0.4 is 5.32 Å². The third-order valence-corrected chi connectivity index (χ3v) is 6.30. The highest BCUT2D eigenvalue weighted by Gasteiger charge is 2.29. The van der Waals surface area contributed by atoms with Crippen LogP contribution in [-0.2, 0) is 16.0 Å². The first-order chi connectivity index (χ1) is 14.0. The molecule has 3 rings (SSSR count). The van der Waals surface area contributed by atoms with Gasteiger partial charge in [-0.2, -0.15) is 0 Å². The third kappa shape index (κ3) is 6.60. The molecule has 4 nitrogen and oxygen atoms in total. The lowest BCUT2D eigenvalue weighted by Crippen LogP contribution is -2.51. The summed E-state index contributed by atoms with van der Waals surface area (Å²) < 4.78 is 13.1. The highest BCUT2D eigenvalue weighted by molar-refractivity contribution is 7.99. The van der Waals surface area contributed by atoms with Crippen molar-refractivity contribution in [2.24, 2.45) is 5.92 Å². The van der Waals surface area contributed by atoms with E-state index in [0.29, 0.717) is 24.8 Å². The van der Waals surface area contributed by atoms with Gasteiger partial charge >= 0.3 is 0 Å². The van der Waals surface area contributed by atoms with E-state index in [4.69, 9.17) is 0 Å². The summed E-state index contributed by atoms with van der Waals surface area (Å²) >= 11 is 1.44. The molecule has 0 radical (unpaired) electrons. The van der Waals surface area contributed by atoms with E-state index in [1.807, 2.05) is 11.0 Å². The summed E-state index contributed by atoms with van der Waals surface area (Å²) in [7, 11) is 0. The second-order valence-electron chi connectivity index (χ2n) is 7.48. The molecule has 1 unspecified atom stereocenters. The third-order valence-electron chi connectivity index (χ3n) is 5.20. The Morgan fingerprint density at radius 3 is 2.38 bits per heavy atom. The molecule has 0 saturated carbocycles. The number of nitrogens with one attached hydrogen (secondary N) is 1. The maximum absolute atomic E-state index is 13.1. The van der Waals surface area contributed by atoms with Crippen molar-refractivity contribution in [3.63, 3.8) is 0 Å². The molecule has 1 heterocycles. The molecule has 1 aliphatic rings. The maximum atomic E-state index is 13.1. The largest absolute Gasteiger partial charge is 0.344 e. The minimum absolute atomic E-state index is 0.0343. The fraction of sp³-hybridized carbons (Fsp3) is 0.391. The van der Waals surface area contributed by atoms with E-state index in [2.05, 4.69) is 29.6 Å². The minimum Gasteiger partial charge on any atom is -0.344 e. The molecule has 1 fully saturated rings. The van der Waals surface area contributed by atoms with Crippen molar-refractivity contribution in [3.05, 3.63) is 66.0 Å². The molecule has 1 aliphatic heterocycles. The normalized spacial score (nSPS) is 15.7. The number of carbonyl (C=O) groups excluding carboxylic acids is 2. The van der Waals surface area contributed by atoms with E-state index in [1.165, 1.54) is 36.4 Å². The topological polar surface area (TPSA) is 49.4 Å². The number of amides is 2. The van der Waals surface area contributed by atoms with Crippen molar-refractivity contribution in [2.75, 3.05) is 18.8 Å². The van der Waals surface area contributed by atoms with Gasteiger partial charge in [0, 0.05) is 30.7 Å². The Labute approximate surface area is 175 Å². The Bertz CT molecular complexity index is 805. The van der Waals surface area contributed by atoms with Gasteiger partial charge in [0.2, 0.25) is 11.8 Å². The molecule has 0 aliphatic carbocycles. The molecule has 154 valence electrons. The molecule has 1 N–H and O–H groups in total. The summed E-state index contributed by atoms with van der Waals surface area (Å²) in [6, 6.07) is 16.0. The molecule has 2 amide bonds. The molecule has 2 aromatic carbocycles. The molecule has 29 heavy (non-hydrogen) atoms. The van der Waals surface area contributed by atoms with Crippen LogP contribution in [-0.4, -0.2) is 41.6 Å². The quantitative estimate of drug-likeness (QED) is 0.699. The molecule has 0 bridgehead atoms. The molecule has 1 atom stereocenters. The van der Waals surface area contributed by atoms with E-state index in [-0.39, 0.29) is 17.6 Å². The number of piperidine rings is 1. The van der Waals surface area contributed by atoms with Crippen LogP contribution in [0.4, 0.5) is 4.39 Å². The minimum atomic E-state index is -0.576. The van der Waals surface area contributed by atoms with Gasteiger partial charge in [-0.15, -0.1) is 11.8 Å². The fourth-order valence-corrected chi connectivity index (χ4v) is 4.57. The molecule has 1 saturated heterocycles. The average Bonchev–Trinajstić information content (AvgIpc) is 2.73. The number of hydrogen-bond acceptors (Lipinski definition) is 3. The monoisotopic (exact) mass is 414 g/mol. The van der Waals surface area contributed by atoms with Crippen molar-refractivity contribution < 1.29 is 14.0 Å². The SMILES string of the molecule is CC(=O)NC(CSc1ccc(F)cc1)C(=O)N1CCC(Cc2ccccc2)CC1. The van der Waals surface area contributed by atoms with E-state index < -0.39 is 6.04 Å². The van der Waals surface area contributed by atoms with Crippen molar-refractivity contribution in [3.8, 4) is 0 Å². The zero-order chi connectivity index (χ0) is 20.6. The van der Waals surface area contributed by atoms with Gasteiger partial charge in [0.1, 0.15) is 11.9 Å². The maximum Gasteiger partial charge on any atom is 0.246 e. The van der Waals surface area contributed by atoms with Crippen LogP contribution in [0.15, 0.2) is 59.5 Å². The number of thioether (sulfide) groups is 1. The van der Waals surface area contributed by atoms with Gasteiger partial charge in [-0.25, -0.2) is 4.39 Å². The lowest BCUT2D eigenvalue weighted by atomic mass is 9.90.